The molecule has 0 amide bonds. The van der Waals surface area contributed by atoms with Crippen molar-refractivity contribution < 1.29 is 4.74 Å². The van der Waals surface area contributed by atoms with Crippen molar-refractivity contribution in [1.29, 1.82) is 0 Å². The highest BCUT2D eigenvalue weighted by molar-refractivity contribution is 4.84. The Morgan fingerprint density at radius 2 is 2.17 bits per heavy atom. The highest BCUT2D eigenvalue weighted by Crippen LogP contribution is 2.22. The van der Waals surface area contributed by atoms with Crippen LogP contribution in [0.3, 0.4) is 0 Å². The third-order valence-electron chi connectivity index (χ3n) is 1.08. The third kappa shape index (κ3) is 0.548. The molecule has 0 N–H and O–H groups in total. The van der Waals surface area contributed by atoms with E-state index in [0.717, 1.165) is 13.0 Å². The molecule has 0 spiro atoms. The van der Waals surface area contributed by atoms with Gasteiger partial charge in [0.2, 0.25) is 0 Å². The molecule has 35 valence electrons. The predicted octanol–water partition coefficient (Wildman–Crippen LogP) is 0.999. The SMILES string of the molecule is [CH2]C1(C)CCO1. The zero-order valence-electron chi connectivity index (χ0n) is 4.03. The minimum absolute atomic E-state index is 0.0278. The first kappa shape index (κ1) is 4.13. The van der Waals surface area contributed by atoms with E-state index in [2.05, 4.69) is 6.92 Å². The van der Waals surface area contributed by atoms with Gasteiger partial charge in [0.1, 0.15) is 0 Å². The summed E-state index contributed by atoms with van der Waals surface area (Å²) in [6.07, 6.45) is 1.12. The van der Waals surface area contributed by atoms with E-state index in [-0.39, 0.29) is 5.60 Å². The lowest BCUT2D eigenvalue weighted by atomic mass is 10.0. The predicted molar refractivity (Wildman–Crippen MR) is 24.3 cm³/mol. The molecular weight excluding hydrogens is 76.1 g/mol. The molecule has 1 rings (SSSR count). The second-order valence-electron chi connectivity index (χ2n) is 2.05. The fourth-order valence-electron chi connectivity index (χ4n) is 0.451. The maximum absolute atomic E-state index is 5.01. The van der Waals surface area contributed by atoms with Crippen LogP contribution in [0.1, 0.15) is 13.3 Å². The summed E-state index contributed by atoms with van der Waals surface area (Å²) >= 11 is 0. The Bertz CT molecular complexity index is 51.0. The molecule has 0 aliphatic carbocycles. The minimum atomic E-state index is -0.0278. The molecule has 0 bridgehead atoms. The molecule has 1 unspecified atom stereocenters. The van der Waals surface area contributed by atoms with E-state index in [1.165, 1.54) is 0 Å². The molecule has 0 aromatic heterocycles. The first-order valence-corrected chi connectivity index (χ1v) is 2.20. The van der Waals surface area contributed by atoms with Crippen molar-refractivity contribution >= 4 is 0 Å². The first-order valence-electron chi connectivity index (χ1n) is 2.20. The molecule has 1 nitrogen and oxygen atoms in total. The maximum Gasteiger partial charge on any atom is 0.0677 e. The van der Waals surface area contributed by atoms with Crippen molar-refractivity contribution in [2.75, 3.05) is 6.61 Å². The molecule has 0 saturated carbocycles. The normalized spacial score (nSPS) is 29.0. The molecular formula is C5H9O. The van der Waals surface area contributed by atoms with Crippen LogP contribution < -0.4 is 0 Å². The lowest BCUT2D eigenvalue weighted by Crippen LogP contribution is -2.37. The lowest BCUT2D eigenvalue weighted by molar-refractivity contribution is -0.101. The lowest BCUT2D eigenvalue weighted by Gasteiger charge is -2.34. The number of hydrogen-bond acceptors (Lipinski definition) is 1. The number of hydrogen-bond donors (Lipinski definition) is 0. The van der Waals surface area contributed by atoms with Crippen molar-refractivity contribution in [3.8, 4) is 0 Å². The molecule has 1 saturated heterocycles. The van der Waals surface area contributed by atoms with Crippen molar-refractivity contribution in [3.63, 3.8) is 0 Å². The zero-order chi connectivity index (χ0) is 4.62. The molecule has 1 radical (unpaired) electrons. The van der Waals surface area contributed by atoms with Gasteiger partial charge in [-0.05, 0) is 20.3 Å². The van der Waals surface area contributed by atoms with Gasteiger partial charge in [-0.15, -0.1) is 0 Å². The van der Waals surface area contributed by atoms with E-state index >= 15 is 0 Å². The van der Waals surface area contributed by atoms with Crippen LogP contribution in [-0.2, 0) is 4.74 Å². The van der Waals surface area contributed by atoms with Crippen molar-refractivity contribution in [3.05, 3.63) is 6.92 Å². The van der Waals surface area contributed by atoms with Crippen LogP contribution in [0.5, 0.6) is 0 Å². The summed E-state index contributed by atoms with van der Waals surface area (Å²) in [7, 11) is 0. The Labute approximate surface area is 38.3 Å². The largest absolute Gasteiger partial charge is 0.375 e. The summed E-state index contributed by atoms with van der Waals surface area (Å²) in [6, 6.07) is 0. The second kappa shape index (κ2) is 0.969. The summed E-state index contributed by atoms with van der Waals surface area (Å²) in [5, 5.41) is 0. The van der Waals surface area contributed by atoms with E-state index in [0.29, 0.717) is 0 Å². The van der Waals surface area contributed by atoms with Gasteiger partial charge in [0, 0.05) is 0 Å². The van der Waals surface area contributed by atoms with Crippen molar-refractivity contribution in [2.45, 2.75) is 18.9 Å². The summed E-state index contributed by atoms with van der Waals surface area (Å²) in [5.41, 5.74) is -0.0278. The van der Waals surface area contributed by atoms with Gasteiger partial charge in [-0.3, -0.25) is 0 Å². The molecule has 1 heterocycles. The van der Waals surface area contributed by atoms with Crippen molar-refractivity contribution in [2.24, 2.45) is 0 Å². The van der Waals surface area contributed by atoms with E-state index in [1.54, 1.807) is 0 Å². The molecule has 1 atom stereocenters. The van der Waals surface area contributed by atoms with Crippen LogP contribution in [0.2, 0.25) is 0 Å². The molecule has 1 aliphatic rings. The maximum atomic E-state index is 5.01. The van der Waals surface area contributed by atoms with Crippen LogP contribution in [0.25, 0.3) is 0 Å². The molecule has 0 aromatic rings. The average Bonchev–Trinajstić information content (AvgIpc) is 1.32. The fraction of sp³-hybridized carbons (Fsp3) is 0.800. The Morgan fingerprint density at radius 3 is 2.17 bits per heavy atom. The van der Waals surface area contributed by atoms with Gasteiger partial charge in [0.05, 0.1) is 12.2 Å². The van der Waals surface area contributed by atoms with E-state index in [9.17, 15) is 0 Å². The number of ether oxygens (including phenoxy) is 1. The second-order valence-corrected chi connectivity index (χ2v) is 2.05. The molecule has 1 fully saturated rings. The quantitative estimate of drug-likeness (QED) is 0.426. The Balaban J connectivity index is 2.31. The highest BCUT2D eigenvalue weighted by atomic mass is 16.5. The Kier molecular flexibility index (Phi) is 0.667. The van der Waals surface area contributed by atoms with Gasteiger partial charge < -0.3 is 4.74 Å². The molecule has 1 aliphatic heterocycles. The third-order valence-corrected chi connectivity index (χ3v) is 1.08. The summed E-state index contributed by atoms with van der Waals surface area (Å²) in [4.78, 5) is 0. The van der Waals surface area contributed by atoms with Crippen molar-refractivity contribution in [1.82, 2.24) is 0 Å². The van der Waals surface area contributed by atoms with Gasteiger partial charge in [-0.25, -0.2) is 0 Å². The van der Waals surface area contributed by atoms with Gasteiger partial charge in [-0.2, -0.15) is 0 Å². The van der Waals surface area contributed by atoms with Crippen LogP contribution >= 0.6 is 0 Å². The van der Waals surface area contributed by atoms with Gasteiger partial charge in [0.15, 0.2) is 0 Å². The zero-order valence-corrected chi connectivity index (χ0v) is 4.03. The Morgan fingerprint density at radius 1 is 1.83 bits per heavy atom. The summed E-state index contributed by atoms with van der Waals surface area (Å²) < 4.78 is 5.01. The molecule has 0 aromatic carbocycles. The Hall–Kier alpha value is -0.0400. The van der Waals surface area contributed by atoms with E-state index < -0.39 is 0 Å². The smallest absolute Gasteiger partial charge is 0.0677 e. The first-order chi connectivity index (χ1) is 2.71. The summed E-state index contributed by atoms with van der Waals surface area (Å²) in [6.45, 7) is 6.65. The monoisotopic (exact) mass is 85.1 g/mol. The number of rotatable bonds is 0. The minimum Gasteiger partial charge on any atom is -0.375 e. The average molecular weight is 85.1 g/mol. The van der Waals surface area contributed by atoms with Crippen LogP contribution in [0, 0.1) is 6.92 Å². The van der Waals surface area contributed by atoms with Crippen LogP contribution in [0.15, 0.2) is 0 Å². The standard InChI is InChI=1S/C5H9O/c1-5(2)3-4-6-5/h1,3-4H2,2H3. The highest BCUT2D eigenvalue weighted by Gasteiger charge is 2.26. The summed E-state index contributed by atoms with van der Waals surface area (Å²) in [5.74, 6) is 0. The molecule has 1 heteroatoms. The van der Waals surface area contributed by atoms with Gasteiger partial charge in [-0.1, -0.05) is 0 Å². The van der Waals surface area contributed by atoms with Gasteiger partial charge in [0.25, 0.3) is 0 Å². The fourth-order valence-corrected chi connectivity index (χ4v) is 0.451. The topological polar surface area (TPSA) is 9.23 Å². The van der Waals surface area contributed by atoms with E-state index in [1.807, 2.05) is 6.92 Å². The molecule has 6 heavy (non-hydrogen) atoms. The van der Waals surface area contributed by atoms with Gasteiger partial charge >= 0.3 is 0 Å². The van der Waals surface area contributed by atoms with E-state index in [4.69, 9.17) is 4.74 Å². The van der Waals surface area contributed by atoms with Crippen LogP contribution in [0.4, 0.5) is 0 Å². The van der Waals surface area contributed by atoms with Crippen LogP contribution in [-0.4, -0.2) is 12.2 Å².